The fourth-order valence-corrected chi connectivity index (χ4v) is 6.54. The highest BCUT2D eigenvalue weighted by Crippen LogP contribution is 2.51. The molecular formula is C31H20BN. The Morgan fingerprint density at radius 2 is 1.00 bits per heavy atom. The van der Waals surface area contributed by atoms with Crippen molar-refractivity contribution in [2.45, 2.75) is 6.04 Å². The van der Waals surface area contributed by atoms with Crippen LogP contribution in [0, 0.1) is 0 Å². The van der Waals surface area contributed by atoms with Crippen LogP contribution in [-0.4, -0.2) is 6.71 Å². The largest absolute Gasteiger partial charge is 0.331 e. The number of para-hydroxylation sites is 1. The summed E-state index contributed by atoms with van der Waals surface area (Å²) in [6.45, 7) is 0.298. The first-order chi connectivity index (χ1) is 16.4. The van der Waals surface area contributed by atoms with Crippen LogP contribution < -0.4 is 21.3 Å². The molecule has 2 heteroatoms. The quantitative estimate of drug-likeness (QED) is 0.324. The molecule has 0 saturated heterocycles. The standard InChI is InChI=1S/C31H20BN/c1-3-13-24-20(10-1)21-11-2-4-14-25(21)31(24)33-28-18-8-7-17-27(28)32-26-16-6-5-12-22(26)23-15-9-19-29(33)30(23)32/h1-19,31H. The van der Waals surface area contributed by atoms with Gasteiger partial charge in [-0.05, 0) is 56.4 Å². The minimum Gasteiger partial charge on any atom is -0.331 e. The van der Waals surface area contributed by atoms with Gasteiger partial charge < -0.3 is 4.90 Å². The summed E-state index contributed by atoms with van der Waals surface area (Å²) in [5.74, 6) is 0. The first-order valence-corrected chi connectivity index (χ1v) is 11.7. The third-order valence-electron chi connectivity index (χ3n) is 7.76. The van der Waals surface area contributed by atoms with Crippen LogP contribution in [0.2, 0.25) is 0 Å². The van der Waals surface area contributed by atoms with Gasteiger partial charge in [0.15, 0.2) is 0 Å². The van der Waals surface area contributed by atoms with Crippen LogP contribution in [0.15, 0.2) is 115 Å². The zero-order valence-corrected chi connectivity index (χ0v) is 18.1. The molecule has 152 valence electrons. The molecule has 2 aliphatic heterocycles. The summed E-state index contributed by atoms with van der Waals surface area (Å²) in [6.07, 6.45) is 0. The fraction of sp³-hybridized carbons (Fsp3) is 0.0323. The second-order valence-corrected chi connectivity index (χ2v) is 9.26. The Bertz CT molecular complexity index is 1560. The average molecular weight is 417 g/mol. The van der Waals surface area contributed by atoms with Crippen LogP contribution in [0.25, 0.3) is 22.3 Å². The summed E-state index contributed by atoms with van der Waals surface area (Å²) in [5.41, 5.74) is 15.2. The molecule has 1 nitrogen and oxygen atoms in total. The first-order valence-electron chi connectivity index (χ1n) is 11.7. The lowest BCUT2D eigenvalue weighted by Gasteiger charge is -2.40. The van der Waals surface area contributed by atoms with Gasteiger partial charge in [-0.3, -0.25) is 0 Å². The van der Waals surface area contributed by atoms with Crippen LogP contribution in [-0.2, 0) is 0 Å². The van der Waals surface area contributed by atoms with Crippen molar-refractivity contribution in [1.82, 2.24) is 0 Å². The number of anilines is 2. The average Bonchev–Trinajstić information content (AvgIpc) is 3.39. The van der Waals surface area contributed by atoms with Gasteiger partial charge in [0.2, 0.25) is 6.71 Å². The first kappa shape index (κ1) is 17.5. The van der Waals surface area contributed by atoms with Crippen molar-refractivity contribution < 1.29 is 0 Å². The van der Waals surface area contributed by atoms with Crippen LogP contribution in [0.1, 0.15) is 17.2 Å². The van der Waals surface area contributed by atoms with E-state index in [-0.39, 0.29) is 6.04 Å². The van der Waals surface area contributed by atoms with Gasteiger partial charge in [-0.15, -0.1) is 0 Å². The predicted octanol–water partition coefficient (Wildman–Crippen LogP) is 5.40. The summed E-state index contributed by atoms with van der Waals surface area (Å²) in [4.78, 5) is 2.61. The van der Waals surface area contributed by atoms with Crippen molar-refractivity contribution in [3.05, 3.63) is 126 Å². The van der Waals surface area contributed by atoms with Gasteiger partial charge >= 0.3 is 0 Å². The Balaban J connectivity index is 1.47. The highest BCUT2D eigenvalue weighted by molar-refractivity contribution is 7.01. The maximum atomic E-state index is 2.61. The molecule has 0 amide bonds. The maximum Gasteiger partial charge on any atom is 0.248 e. The third-order valence-corrected chi connectivity index (χ3v) is 7.76. The van der Waals surface area contributed by atoms with E-state index in [9.17, 15) is 0 Å². The Hall–Kier alpha value is -4.04. The number of rotatable bonds is 1. The molecule has 5 aromatic rings. The van der Waals surface area contributed by atoms with Crippen LogP contribution in [0.4, 0.5) is 11.4 Å². The van der Waals surface area contributed by atoms with Crippen LogP contribution in [0.3, 0.4) is 0 Å². The summed E-state index contributed by atoms with van der Waals surface area (Å²) >= 11 is 0. The summed E-state index contributed by atoms with van der Waals surface area (Å²) in [7, 11) is 0. The number of fused-ring (bicyclic) bond motifs is 8. The lowest BCUT2D eigenvalue weighted by molar-refractivity contribution is 0.845. The van der Waals surface area contributed by atoms with E-state index in [0.29, 0.717) is 6.71 Å². The van der Waals surface area contributed by atoms with Gasteiger partial charge in [0.05, 0.1) is 6.04 Å². The fourth-order valence-electron chi connectivity index (χ4n) is 6.54. The molecule has 33 heavy (non-hydrogen) atoms. The van der Waals surface area contributed by atoms with E-state index in [1.165, 1.54) is 61.1 Å². The van der Waals surface area contributed by atoms with Gasteiger partial charge in [-0.1, -0.05) is 109 Å². The molecule has 1 aliphatic carbocycles. The SMILES string of the molecule is c1ccc2c(c1)B1c3ccccc3N(C3c4ccccc4-c4ccccc43)c3cccc-2c31. The molecule has 2 heterocycles. The Morgan fingerprint density at radius 3 is 1.76 bits per heavy atom. The number of hydrogen-bond donors (Lipinski definition) is 0. The molecule has 0 unspecified atom stereocenters. The van der Waals surface area contributed by atoms with Gasteiger partial charge in [0.1, 0.15) is 0 Å². The molecule has 0 saturated carbocycles. The van der Waals surface area contributed by atoms with Crippen LogP contribution in [0.5, 0.6) is 0 Å². The van der Waals surface area contributed by atoms with Gasteiger partial charge in [0.25, 0.3) is 0 Å². The van der Waals surface area contributed by atoms with Crippen molar-refractivity contribution >= 4 is 34.5 Å². The second-order valence-electron chi connectivity index (χ2n) is 9.26. The molecule has 0 N–H and O–H groups in total. The van der Waals surface area contributed by atoms with Crippen molar-refractivity contribution in [3.8, 4) is 22.3 Å². The molecular weight excluding hydrogens is 397 g/mol. The van der Waals surface area contributed by atoms with E-state index in [1.807, 2.05) is 0 Å². The summed E-state index contributed by atoms with van der Waals surface area (Å²) in [6, 6.07) is 42.9. The molecule has 0 atom stereocenters. The number of nitrogens with zero attached hydrogens (tertiary/aromatic N) is 1. The van der Waals surface area contributed by atoms with E-state index in [4.69, 9.17) is 0 Å². The topological polar surface area (TPSA) is 3.24 Å². The normalized spacial score (nSPS) is 14.4. The van der Waals surface area contributed by atoms with Crippen molar-refractivity contribution in [2.75, 3.05) is 4.90 Å². The van der Waals surface area contributed by atoms with Crippen molar-refractivity contribution in [1.29, 1.82) is 0 Å². The Labute approximate surface area is 194 Å². The second kappa shape index (κ2) is 6.27. The number of benzene rings is 5. The zero-order chi connectivity index (χ0) is 21.5. The Kier molecular flexibility index (Phi) is 3.33. The maximum absolute atomic E-state index is 2.61. The van der Waals surface area contributed by atoms with Crippen molar-refractivity contribution in [2.24, 2.45) is 0 Å². The predicted molar refractivity (Wildman–Crippen MR) is 139 cm³/mol. The van der Waals surface area contributed by atoms with E-state index < -0.39 is 0 Å². The van der Waals surface area contributed by atoms with E-state index >= 15 is 0 Å². The van der Waals surface area contributed by atoms with Crippen molar-refractivity contribution in [3.63, 3.8) is 0 Å². The Morgan fingerprint density at radius 1 is 0.455 bits per heavy atom. The molecule has 0 radical (unpaired) electrons. The monoisotopic (exact) mass is 417 g/mol. The smallest absolute Gasteiger partial charge is 0.248 e. The zero-order valence-electron chi connectivity index (χ0n) is 18.1. The molecule has 0 aromatic heterocycles. The van der Waals surface area contributed by atoms with Gasteiger partial charge in [-0.2, -0.15) is 0 Å². The molecule has 0 fully saturated rings. The highest BCUT2D eigenvalue weighted by atomic mass is 15.2. The van der Waals surface area contributed by atoms with Gasteiger partial charge in [-0.25, -0.2) is 0 Å². The lowest BCUT2D eigenvalue weighted by atomic mass is 9.37. The molecule has 0 bridgehead atoms. The minimum absolute atomic E-state index is 0.162. The molecule has 3 aliphatic rings. The van der Waals surface area contributed by atoms with E-state index in [0.717, 1.165) is 0 Å². The lowest BCUT2D eigenvalue weighted by Crippen LogP contribution is -2.55. The van der Waals surface area contributed by atoms with Crippen LogP contribution >= 0.6 is 0 Å². The van der Waals surface area contributed by atoms with E-state index in [2.05, 4.69) is 120 Å². The third kappa shape index (κ3) is 2.14. The minimum atomic E-state index is 0.162. The van der Waals surface area contributed by atoms with Gasteiger partial charge in [0, 0.05) is 11.4 Å². The summed E-state index contributed by atoms with van der Waals surface area (Å²) < 4.78 is 0. The molecule has 5 aromatic carbocycles. The number of hydrogen-bond acceptors (Lipinski definition) is 1. The highest BCUT2D eigenvalue weighted by Gasteiger charge is 2.45. The summed E-state index contributed by atoms with van der Waals surface area (Å²) in [5, 5.41) is 0. The molecule has 0 spiro atoms. The molecule has 8 rings (SSSR count). The van der Waals surface area contributed by atoms with E-state index in [1.54, 1.807) is 0 Å².